The number of aromatic nitrogens is 1. The molecule has 2 aliphatic heterocycles. The number of methoxy groups -OCH3 is 1. The molecule has 2 aromatic rings. The Balaban J connectivity index is 1.68. The minimum atomic E-state index is -0.873. The van der Waals surface area contributed by atoms with Crippen LogP contribution in [0.3, 0.4) is 0 Å². The van der Waals surface area contributed by atoms with E-state index in [0.29, 0.717) is 25.1 Å². The zero-order valence-corrected chi connectivity index (χ0v) is 25.1. The van der Waals surface area contributed by atoms with Crippen molar-refractivity contribution in [2.24, 2.45) is 11.8 Å². The highest BCUT2D eigenvalue weighted by Gasteiger charge is 2.34. The molecule has 3 heterocycles. The summed E-state index contributed by atoms with van der Waals surface area (Å²) < 4.78 is 5.61. The maximum Gasteiger partial charge on any atom is 0.258 e. The van der Waals surface area contributed by atoms with Gasteiger partial charge in [-0.2, -0.15) is 0 Å². The molecule has 6 atom stereocenters. The normalized spacial score (nSPS) is 29.1. The van der Waals surface area contributed by atoms with E-state index in [9.17, 15) is 19.2 Å². The third-order valence-corrected chi connectivity index (χ3v) is 8.01. The number of amides is 4. The fourth-order valence-corrected chi connectivity index (χ4v) is 5.28. The van der Waals surface area contributed by atoms with E-state index in [1.54, 1.807) is 26.1 Å². The molecule has 0 spiro atoms. The van der Waals surface area contributed by atoms with Crippen LogP contribution in [-0.4, -0.2) is 71.5 Å². The first-order valence-electron chi connectivity index (χ1n) is 14.6. The summed E-state index contributed by atoms with van der Waals surface area (Å²) in [5.74, 6) is -2.22. The molecule has 4 rings (SSSR count). The average Bonchev–Trinajstić information content (AvgIpc) is 2.98. The molecule has 5 bridgehead atoms. The molecule has 1 aromatic carbocycles. The molecule has 11 nitrogen and oxygen atoms in total. The van der Waals surface area contributed by atoms with Crippen LogP contribution in [0.1, 0.15) is 64.8 Å². The fraction of sp³-hybridized carbons (Fsp3) is 0.516. The van der Waals surface area contributed by atoms with Gasteiger partial charge in [0.15, 0.2) is 0 Å². The summed E-state index contributed by atoms with van der Waals surface area (Å²) in [5, 5.41) is 12.0. The van der Waals surface area contributed by atoms with Crippen molar-refractivity contribution in [1.29, 1.82) is 0 Å². The Kier molecular flexibility index (Phi) is 9.95. The third-order valence-electron chi connectivity index (χ3n) is 8.01. The number of ether oxygens (including phenoxy) is 1. The number of carbonyl (C=O) groups excluding carboxylic acids is 4. The molecule has 1 fully saturated rings. The number of rotatable bonds is 2. The fourth-order valence-electron chi connectivity index (χ4n) is 5.28. The Morgan fingerprint density at radius 3 is 2.38 bits per heavy atom. The van der Waals surface area contributed by atoms with Crippen LogP contribution in [0.5, 0.6) is 0 Å². The first-order chi connectivity index (χ1) is 20.0. The van der Waals surface area contributed by atoms with Crippen LogP contribution in [0.15, 0.2) is 36.5 Å². The highest BCUT2D eigenvalue weighted by Crippen LogP contribution is 2.22. The Hall–Kier alpha value is -3.83. The molecular formula is C31H42N6O5. The van der Waals surface area contributed by atoms with Gasteiger partial charge in [0, 0.05) is 25.2 Å². The average molecular weight is 579 g/mol. The number of fused-ring (bicyclic) bond motifs is 4. The summed E-state index contributed by atoms with van der Waals surface area (Å²) >= 11 is 0. The van der Waals surface area contributed by atoms with Crippen LogP contribution < -0.4 is 21.4 Å². The smallest absolute Gasteiger partial charge is 0.258 e. The van der Waals surface area contributed by atoms with Crippen LogP contribution in [0.25, 0.3) is 16.8 Å². The Morgan fingerprint density at radius 2 is 1.67 bits per heavy atom. The van der Waals surface area contributed by atoms with Gasteiger partial charge in [0.1, 0.15) is 18.1 Å². The van der Waals surface area contributed by atoms with Crippen LogP contribution in [0, 0.1) is 11.8 Å². The highest BCUT2D eigenvalue weighted by molar-refractivity contribution is 5.93. The second kappa shape index (κ2) is 13.4. The lowest BCUT2D eigenvalue weighted by molar-refractivity contribution is -0.143. The lowest BCUT2D eigenvalue weighted by Crippen LogP contribution is -2.62. The molecule has 2 aliphatic rings. The molecule has 1 unspecified atom stereocenters. The molecule has 1 saturated heterocycles. The van der Waals surface area contributed by atoms with Gasteiger partial charge in [0.25, 0.3) is 5.91 Å². The van der Waals surface area contributed by atoms with Gasteiger partial charge in [-0.05, 0) is 61.8 Å². The van der Waals surface area contributed by atoms with Gasteiger partial charge in [-0.25, -0.2) is 5.43 Å². The number of hydrazine groups is 1. The van der Waals surface area contributed by atoms with Crippen molar-refractivity contribution in [1.82, 2.24) is 31.4 Å². The van der Waals surface area contributed by atoms with Crippen LogP contribution in [0.4, 0.5) is 0 Å². The van der Waals surface area contributed by atoms with E-state index in [4.69, 9.17) is 4.74 Å². The molecule has 4 amide bonds. The van der Waals surface area contributed by atoms with E-state index in [2.05, 4.69) is 26.4 Å². The second-order valence-electron chi connectivity index (χ2n) is 11.6. The van der Waals surface area contributed by atoms with Crippen molar-refractivity contribution in [2.45, 2.75) is 77.7 Å². The van der Waals surface area contributed by atoms with Gasteiger partial charge in [0.2, 0.25) is 17.7 Å². The summed E-state index contributed by atoms with van der Waals surface area (Å²) in [5.41, 5.74) is 4.67. The van der Waals surface area contributed by atoms with Gasteiger partial charge in [-0.1, -0.05) is 39.0 Å². The second-order valence-corrected chi connectivity index (χ2v) is 11.6. The van der Waals surface area contributed by atoms with Gasteiger partial charge in [0.05, 0.1) is 23.8 Å². The molecule has 0 radical (unpaired) electrons. The van der Waals surface area contributed by atoms with E-state index in [1.165, 1.54) is 12.1 Å². The van der Waals surface area contributed by atoms with Crippen molar-refractivity contribution in [3.8, 4) is 0 Å². The van der Waals surface area contributed by atoms with Gasteiger partial charge in [-0.15, -0.1) is 0 Å². The first kappa shape index (κ1) is 31.1. The van der Waals surface area contributed by atoms with Crippen LogP contribution >= 0.6 is 0 Å². The Bertz CT molecular complexity index is 1360. The number of hydrogen-bond acceptors (Lipinski definition) is 7. The highest BCUT2D eigenvalue weighted by atomic mass is 16.5. The topological polar surface area (TPSA) is 142 Å². The molecule has 42 heavy (non-hydrogen) atoms. The zero-order chi connectivity index (χ0) is 30.6. The largest absolute Gasteiger partial charge is 0.377 e. The lowest BCUT2D eigenvalue weighted by Gasteiger charge is -2.35. The number of nitrogens with one attached hydrogen (secondary N) is 4. The van der Waals surface area contributed by atoms with E-state index < -0.39 is 36.1 Å². The lowest BCUT2D eigenvalue weighted by atomic mass is 9.98. The molecule has 4 N–H and O–H groups in total. The standard InChI is InChI=1S/C31H42N6O5/c1-17(2)27-30(40)34-20(5)31(41)37-13-7-8-25(36-37)29(39)33-19(4)21-9-10-22-16-32-24(15-23(22)14-21)11-12-26(42-6)18(3)28(38)35-27/h9-12,14-20,25-27,36H,7-8,13H2,1-6H3,(H,33,39)(H,34,40)(H,35,38)/b12-11+/t18-,19-,20+,25+,26-,27?/m1/s1. The number of carbonyl (C=O) groups is 4. The minimum absolute atomic E-state index is 0.209. The Morgan fingerprint density at radius 1 is 0.929 bits per heavy atom. The minimum Gasteiger partial charge on any atom is -0.377 e. The van der Waals surface area contributed by atoms with Crippen molar-refractivity contribution >= 4 is 40.5 Å². The van der Waals surface area contributed by atoms with Gasteiger partial charge >= 0.3 is 0 Å². The Labute approximate surface area is 246 Å². The van der Waals surface area contributed by atoms with E-state index in [-0.39, 0.29) is 29.7 Å². The SMILES string of the molecule is CO[C@@H]1/C=C/c2cc3cc(ccc3cn2)[C@@H](C)NC(=O)[C@@H]2CCCN(N2)C(=O)[C@H](C)NC(=O)C(C(C)C)NC(=O)[C@@H]1C. The summed E-state index contributed by atoms with van der Waals surface area (Å²) in [7, 11) is 1.53. The monoisotopic (exact) mass is 578 g/mol. The van der Waals surface area contributed by atoms with Crippen LogP contribution in [0.2, 0.25) is 0 Å². The maximum atomic E-state index is 13.3. The van der Waals surface area contributed by atoms with E-state index in [1.807, 2.05) is 51.1 Å². The van der Waals surface area contributed by atoms with Gasteiger partial charge in [-0.3, -0.25) is 29.2 Å². The summed E-state index contributed by atoms with van der Waals surface area (Å²) in [6, 6.07) is 5.30. The molecule has 0 aliphatic carbocycles. The van der Waals surface area contributed by atoms with Crippen molar-refractivity contribution in [3.05, 3.63) is 47.8 Å². The first-order valence-corrected chi connectivity index (χ1v) is 14.6. The number of benzene rings is 1. The maximum absolute atomic E-state index is 13.3. The van der Waals surface area contributed by atoms with Crippen LogP contribution in [-0.2, 0) is 23.9 Å². The number of pyridine rings is 1. The predicted octanol–water partition coefficient (Wildman–Crippen LogP) is 2.23. The molecule has 1 aromatic heterocycles. The summed E-state index contributed by atoms with van der Waals surface area (Å²) in [6.45, 7) is 9.32. The quantitative estimate of drug-likeness (QED) is 0.428. The molecular weight excluding hydrogens is 536 g/mol. The van der Waals surface area contributed by atoms with E-state index in [0.717, 1.165) is 16.3 Å². The van der Waals surface area contributed by atoms with Crippen molar-refractivity contribution in [3.63, 3.8) is 0 Å². The van der Waals surface area contributed by atoms with Crippen molar-refractivity contribution in [2.75, 3.05) is 13.7 Å². The van der Waals surface area contributed by atoms with Crippen molar-refractivity contribution < 1.29 is 23.9 Å². The number of nitrogens with zero attached hydrogens (tertiary/aromatic N) is 2. The third kappa shape index (κ3) is 7.14. The predicted molar refractivity (Wildman–Crippen MR) is 160 cm³/mol. The van der Waals surface area contributed by atoms with E-state index >= 15 is 0 Å². The number of hydrogen-bond donors (Lipinski definition) is 4. The van der Waals surface area contributed by atoms with Gasteiger partial charge < -0.3 is 20.7 Å². The summed E-state index contributed by atoms with van der Waals surface area (Å²) in [6.07, 6.45) is 6.00. The molecule has 226 valence electrons. The molecule has 0 saturated carbocycles. The summed E-state index contributed by atoms with van der Waals surface area (Å²) in [4.78, 5) is 57.5. The zero-order valence-electron chi connectivity index (χ0n) is 25.1. The molecule has 11 heteroatoms.